The van der Waals surface area contributed by atoms with Gasteiger partial charge in [-0.25, -0.2) is 0 Å². The molecule has 0 aliphatic rings. The van der Waals surface area contributed by atoms with Crippen molar-refractivity contribution < 1.29 is 9.59 Å². The third-order valence-corrected chi connectivity index (χ3v) is 6.16. The van der Waals surface area contributed by atoms with Crippen LogP contribution < -0.4 is 11.1 Å². The second kappa shape index (κ2) is 8.66. The number of nitrogens with two attached hydrogens (primary N) is 1. The van der Waals surface area contributed by atoms with Crippen LogP contribution in [0.2, 0.25) is 10.0 Å². The van der Waals surface area contributed by atoms with E-state index in [0.29, 0.717) is 26.2 Å². The maximum absolute atomic E-state index is 12.5. The summed E-state index contributed by atoms with van der Waals surface area (Å²) >= 11 is 16.9. The number of anilines is 1. The summed E-state index contributed by atoms with van der Waals surface area (Å²) in [6.45, 7) is 1.85. The lowest BCUT2D eigenvalue weighted by molar-refractivity contribution is -0.115. The van der Waals surface area contributed by atoms with Crippen LogP contribution >= 0.6 is 50.5 Å². The molecule has 3 aromatic rings. The van der Waals surface area contributed by atoms with Crippen molar-refractivity contribution in [2.45, 2.75) is 13.3 Å². The summed E-state index contributed by atoms with van der Waals surface area (Å²) in [6, 6.07) is 12.5. The average molecular weight is 498 g/mol. The van der Waals surface area contributed by atoms with E-state index in [9.17, 15) is 9.59 Å². The number of hydrogen-bond donors (Lipinski definition) is 2. The van der Waals surface area contributed by atoms with Crippen molar-refractivity contribution in [1.82, 2.24) is 0 Å². The fraction of sp³-hybridized carbons (Fsp3) is 0.100. The van der Waals surface area contributed by atoms with Gasteiger partial charge in [0.2, 0.25) is 5.91 Å². The summed E-state index contributed by atoms with van der Waals surface area (Å²) in [5.41, 5.74) is 7.99. The van der Waals surface area contributed by atoms with Gasteiger partial charge >= 0.3 is 0 Å². The number of hydrogen-bond acceptors (Lipinski definition) is 3. The van der Waals surface area contributed by atoms with Crippen molar-refractivity contribution >= 4 is 67.3 Å². The Kier molecular flexibility index (Phi) is 6.45. The molecule has 0 atom stereocenters. The molecule has 1 aromatic heterocycles. The van der Waals surface area contributed by atoms with E-state index in [0.717, 1.165) is 14.9 Å². The number of thiophene rings is 1. The Morgan fingerprint density at radius 2 is 1.82 bits per heavy atom. The van der Waals surface area contributed by atoms with Crippen LogP contribution in [0.25, 0.3) is 11.1 Å². The van der Waals surface area contributed by atoms with Crippen molar-refractivity contribution in [3.8, 4) is 11.1 Å². The van der Waals surface area contributed by atoms with Crippen LogP contribution in [0.5, 0.6) is 0 Å². The summed E-state index contributed by atoms with van der Waals surface area (Å²) in [7, 11) is 0. The van der Waals surface area contributed by atoms with Crippen LogP contribution in [-0.2, 0) is 11.2 Å². The van der Waals surface area contributed by atoms with Crippen LogP contribution in [0.1, 0.15) is 20.8 Å². The third-order valence-electron chi connectivity index (χ3n) is 4.06. The van der Waals surface area contributed by atoms with Gasteiger partial charge in [0.25, 0.3) is 5.91 Å². The number of benzene rings is 2. The van der Waals surface area contributed by atoms with Crippen molar-refractivity contribution in [2.24, 2.45) is 5.73 Å². The summed E-state index contributed by atoms with van der Waals surface area (Å²) in [6.07, 6.45) is 0.180. The highest BCUT2D eigenvalue weighted by atomic mass is 79.9. The highest BCUT2D eigenvalue weighted by Gasteiger charge is 2.24. The van der Waals surface area contributed by atoms with E-state index in [1.165, 1.54) is 11.3 Å². The molecule has 2 aromatic carbocycles. The van der Waals surface area contributed by atoms with Gasteiger partial charge in [0, 0.05) is 30.5 Å². The Morgan fingerprint density at radius 1 is 1.14 bits per heavy atom. The summed E-state index contributed by atoms with van der Waals surface area (Å²) in [5.74, 6) is -0.871. The fourth-order valence-corrected chi connectivity index (χ4v) is 4.70. The van der Waals surface area contributed by atoms with E-state index in [4.69, 9.17) is 28.9 Å². The Bertz CT molecular complexity index is 1060. The highest BCUT2D eigenvalue weighted by Crippen LogP contribution is 2.42. The largest absolute Gasteiger partial charge is 0.365 e. The normalized spacial score (nSPS) is 10.7. The molecule has 0 spiro atoms. The number of aryl methyl sites for hydroxylation is 1. The van der Waals surface area contributed by atoms with Gasteiger partial charge in [-0.15, -0.1) is 11.3 Å². The molecule has 8 heteroatoms. The van der Waals surface area contributed by atoms with E-state index in [-0.39, 0.29) is 17.9 Å². The molecule has 3 N–H and O–H groups in total. The first-order valence-corrected chi connectivity index (χ1v) is 10.6. The standard InChI is InChI=1S/C20H15BrCl2N2O2S/c1-10-17(14-7-6-13(22)9-15(14)23)18(19(24)27)20(28-10)25-16(26)8-11-2-4-12(21)5-3-11/h2-7,9H,8H2,1H3,(H2,24,27)(H,25,26). The van der Waals surface area contributed by atoms with Crippen LogP contribution in [0.15, 0.2) is 46.9 Å². The number of carbonyl (C=O) groups excluding carboxylic acids is 2. The SMILES string of the molecule is Cc1sc(NC(=O)Cc2ccc(Br)cc2)c(C(N)=O)c1-c1ccc(Cl)cc1Cl. The predicted molar refractivity (Wildman–Crippen MR) is 120 cm³/mol. The minimum absolute atomic E-state index is 0.180. The second-order valence-corrected chi connectivity index (χ2v) is 9.06. The van der Waals surface area contributed by atoms with Crippen LogP contribution in [0.4, 0.5) is 5.00 Å². The maximum Gasteiger partial charge on any atom is 0.252 e. The van der Waals surface area contributed by atoms with E-state index >= 15 is 0 Å². The van der Waals surface area contributed by atoms with Gasteiger partial charge < -0.3 is 11.1 Å². The molecular weight excluding hydrogens is 483 g/mol. The van der Waals surface area contributed by atoms with Crippen LogP contribution in [-0.4, -0.2) is 11.8 Å². The van der Waals surface area contributed by atoms with E-state index in [1.54, 1.807) is 18.2 Å². The maximum atomic E-state index is 12.5. The fourth-order valence-electron chi connectivity index (χ4n) is 2.84. The molecule has 1 heterocycles. The summed E-state index contributed by atoms with van der Waals surface area (Å²) in [4.78, 5) is 25.5. The molecule has 0 unspecified atom stereocenters. The minimum Gasteiger partial charge on any atom is -0.365 e. The number of primary amides is 1. The molecule has 28 heavy (non-hydrogen) atoms. The lowest BCUT2D eigenvalue weighted by Gasteiger charge is -2.09. The quantitative estimate of drug-likeness (QED) is 0.448. The summed E-state index contributed by atoms with van der Waals surface area (Å²) < 4.78 is 0.936. The average Bonchev–Trinajstić information content (AvgIpc) is 2.93. The van der Waals surface area contributed by atoms with Gasteiger partial charge in [-0.2, -0.15) is 0 Å². The predicted octanol–water partition coefficient (Wildman–Crippen LogP) is 6.07. The zero-order valence-corrected chi connectivity index (χ0v) is 18.6. The van der Waals surface area contributed by atoms with Crippen LogP contribution in [0.3, 0.4) is 0 Å². The molecular formula is C20H15BrCl2N2O2S. The second-order valence-electron chi connectivity index (χ2n) is 6.08. The number of amides is 2. The molecule has 0 radical (unpaired) electrons. The molecule has 0 saturated carbocycles. The van der Waals surface area contributed by atoms with E-state index in [1.807, 2.05) is 31.2 Å². The Balaban J connectivity index is 1.94. The van der Waals surface area contributed by atoms with Gasteiger partial charge in [-0.3, -0.25) is 9.59 Å². The zero-order chi connectivity index (χ0) is 20.4. The van der Waals surface area contributed by atoms with Gasteiger partial charge in [-0.1, -0.05) is 57.3 Å². The third kappa shape index (κ3) is 4.58. The number of rotatable bonds is 5. The molecule has 0 aliphatic carbocycles. The number of carbonyl (C=O) groups is 2. The number of halogens is 3. The van der Waals surface area contributed by atoms with Crippen LogP contribution in [0, 0.1) is 6.92 Å². The van der Waals surface area contributed by atoms with Gasteiger partial charge in [0.05, 0.1) is 12.0 Å². The van der Waals surface area contributed by atoms with Gasteiger partial charge in [-0.05, 0) is 36.8 Å². The first-order valence-electron chi connectivity index (χ1n) is 8.19. The van der Waals surface area contributed by atoms with Gasteiger partial charge in [0.15, 0.2) is 0 Å². The molecule has 0 saturated heterocycles. The lowest BCUT2D eigenvalue weighted by atomic mass is 10.0. The molecule has 0 fully saturated rings. The zero-order valence-electron chi connectivity index (χ0n) is 14.7. The Hall–Kier alpha value is -1.86. The van der Waals surface area contributed by atoms with E-state index < -0.39 is 5.91 Å². The topological polar surface area (TPSA) is 72.2 Å². The molecule has 0 bridgehead atoms. The lowest BCUT2D eigenvalue weighted by Crippen LogP contribution is -2.18. The van der Waals surface area contributed by atoms with Crippen molar-refractivity contribution in [1.29, 1.82) is 0 Å². The first-order chi connectivity index (χ1) is 13.3. The highest BCUT2D eigenvalue weighted by molar-refractivity contribution is 9.10. The van der Waals surface area contributed by atoms with Crippen molar-refractivity contribution in [2.75, 3.05) is 5.32 Å². The monoisotopic (exact) mass is 496 g/mol. The Morgan fingerprint density at radius 3 is 2.43 bits per heavy atom. The molecule has 0 aliphatic heterocycles. The van der Waals surface area contributed by atoms with Crippen molar-refractivity contribution in [3.05, 3.63) is 73.0 Å². The molecule has 144 valence electrons. The Labute approximate surface area is 184 Å². The first kappa shape index (κ1) is 20.9. The van der Waals surface area contributed by atoms with E-state index in [2.05, 4.69) is 21.2 Å². The van der Waals surface area contributed by atoms with Gasteiger partial charge in [0.1, 0.15) is 5.00 Å². The molecule has 3 rings (SSSR count). The van der Waals surface area contributed by atoms with Crippen molar-refractivity contribution in [3.63, 3.8) is 0 Å². The smallest absolute Gasteiger partial charge is 0.252 e. The summed E-state index contributed by atoms with van der Waals surface area (Å²) in [5, 5.41) is 4.12. The molecule has 2 amide bonds. The molecule has 4 nitrogen and oxygen atoms in total. The minimum atomic E-state index is -0.635. The number of nitrogens with one attached hydrogen (secondary N) is 1.